The van der Waals surface area contributed by atoms with E-state index in [0.717, 1.165) is 12.8 Å². The maximum atomic E-state index is 12.5. The van der Waals surface area contributed by atoms with Gasteiger partial charge in [-0.25, -0.2) is 0 Å². The Balaban J connectivity index is 1.78. The number of nitrogens with one attached hydrogen (secondary N) is 1. The Labute approximate surface area is 127 Å². The summed E-state index contributed by atoms with van der Waals surface area (Å²) in [6, 6.07) is 6.76. The molecule has 2 aromatic heterocycles. The number of H-pyrrole nitrogens is 1. The second-order valence-electron chi connectivity index (χ2n) is 5.56. The third-order valence-corrected chi connectivity index (χ3v) is 4.16. The summed E-state index contributed by atoms with van der Waals surface area (Å²) < 4.78 is 5.24. The maximum Gasteiger partial charge on any atom is 0.261 e. The maximum absolute atomic E-state index is 12.5. The van der Waals surface area contributed by atoms with E-state index < -0.39 is 0 Å². The van der Waals surface area contributed by atoms with Gasteiger partial charge in [-0.1, -0.05) is 0 Å². The third kappa shape index (κ3) is 2.82. The minimum Gasteiger partial charge on any atom is -0.463 e. The monoisotopic (exact) mass is 301 g/mol. The number of furan rings is 1. The molecule has 22 heavy (non-hydrogen) atoms. The Kier molecular flexibility index (Phi) is 4.11. The number of piperidine rings is 1. The molecule has 1 aliphatic heterocycles. The molecule has 6 nitrogen and oxygen atoms in total. The molecule has 0 atom stereocenters. The van der Waals surface area contributed by atoms with Gasteiger partial charge in [0.1, 0.15) is 11.3 Å². The highest BCUT2D eigenvalue weighted by Crippen LogP contribution is 2.19. The Bertz CT molecular complexity index is 698. The fourth-order valence-corrected chi connectivity index (χ4v) is 2.76. The summed E-state index contributed by atoms with van der Waals surface area (Å²) in [5, 5.41) is 0. The second kappa shape index (κ2) is 6.19. The highest BCUT2D eigenvalue weighted by molar-refractivity contribution is 5.94. The molecule has 3 heterocycles. The average molecular weight is 301 g/mol. The van der Waals surface area contributed by atoms with E-state index in [2.05, 4.69) is 4.98 Å². The van der Waals surface area contributed by atoms with Gasteiger partial charge in [-0.15, -0.1) is 0 Å². The van der Waals surface area contributed by atoms with Gasteiger partial charge < -0.3 is 20.0 Å². The molecule has 2 aromatic rings. The molecule has 1 amide bonds. The number of hydrogen-bond donors (Lipinski definition) is 2. The summed E-state index contributed by atoms with van der Waals surface area (Å²) in [5.74, 6) is 0.825. The number of rotatable bonds is 3. The Morgan fingerprint density at radius 2 is 2.09 bits per heavy atom. The van der Waals surface area contributed by atoms with Crippen molar-refractivity contribution in [2.24, 2.45) is 11.7 Å². The molecular weight excluding hydrogens is 282 g/mol. The van der Waals surface area contributed by atoms with Gasteiger partial charge in [0.15, 0.2) is 0 Å². The summed E-state index contributed by atoms with van der Waals surface area (Å²) in [7, 11) is 0. The molecule has 3 N–H and O–H groups in total. The lowest BCUT2D eigenvalue weighted by molar-refractivity contribution is 0.0691. The van der Waals surface area contributed by atoms with E-state index in [1.807, 2.05) is 0 Å². The summed E-state index contributed by atoms with van der Waals surface area (Å²) >= 11 is 0. The molecule has 0 aliphatic carbocycles. The molecule has 0 unspecified atom stereocenters. The SMILES string of the molecule is NCC1CCN(C(=O)c2ccc(-c3ccco3)[nH]c2=O)CC1. The van der Waals surface area contributed by atoms with Crippen molar-refractivity contribution in [1.82, 2.24) is 9.88 Å². The standard InChI is InChI=1S/C16H19N3O3/c17-10-11-5-7-19(8-6-11)16(21)12-3-4-13(18-15(12)20)14-2-1-9-22-14/h1-4,9,11H,5-8,10,17H2,(H,18,20). The molecule has 0 bridgehead atoms. The molecule has 1 aliphatic rings. The van der Waals surface area contributed by atoms with Crippen molar-refractivity contribution in [2.45, 2.75) is 12.8 Å². The number of nitrogens with zero attached hydrogens (tertiary/aromatic N) is 1. The number of aromatic amines is 1. The van der Waals surface area contributed by atoms with Gasteiger partial charge in [0.05, 0.1) is 12.0 Å². The van der Waals surface area contributed by atoms with Crippen LogP contribution in [0, 0.1) is 5.92 Å². The lowest BCUT2D eigenvalue weighted by Gasteiger charge is -2.31. The summed E-state index contributed by atoms with van der Waals surface area (Å²) in [4.78, 5) is 29.1. The second-order valence-corrected chi connectivity index (χ2v) is 5.56. The minimum absolute atomic E-state index is 0.168. The number of carbonyl (C=O) groups excluding carboxylic acids is 1. The largest absolute Gasteiger partial charge is 0.463 e. The van der Waals surface area contributed by atoms with Crippen molar-refractivity contribution in [3.63, 3.8) is 0 Å². The Morgan fingerprint density at radius 3 is 2.68 bits per heavy atom. The molecule has 116 valence electrons. The van der Waals surface area contributed by atoms with Crippen LogP contribution in [0.25, 0.3) is 11.5 Å². The molecule has 1 fully saturated rings. The lowest BCUT2D eigenvalue weighted by Crippen LogP contribution is -2.41. The topological polar surface area (TPSA) is 92.3 Å². The fourth-order valence-electron chi connectivity index (χ4n) is 2.76. The van der Waals surface area contributed by atoms with Crippen LogP contribution >= 0.6 is 0 Å². The Hall–Kier alpha value is -2.34. The van der Waals surface area contributed by atoms with Crippen LogP contribution in [0.1, 0.15) is 23.2 Å². The fraction of sp³-hybridized carbons (Fsp3) is 0.375. The minimum atomic E-state index is -0.389. The molecule has 6 heteroatoms. The van der Waals surface area contributed by atoms with Crippen LogP contribution in [-0.4, -0.2) is 35.4 Å². The van der Waals surface area contributed by atoms with Crippen molar-refractivity contribution in [3.05, 3.63) is 46.4 Å². The van der Waals surface area contributed by atoms with Crippen molar-refractivity contribution in [3.8, 4) is 11.5 Å². The third-order valence-electron chi connectivity index (χ3n) is 4.16. The van der Waals surface area contributed by atoms with E-state index in [1.165, 1.54) is 6.26 Å². The van der Waals surface area contributed by atoms with E-state index in [0.29, 0.717) is 37.0 Å². The van der Waals surface area contributed by atoms with Gasteiger partial charge in [-0.3, -0.25) is 9.59 Å². The summed E-state index contributed by atoms with van der Waals surface area (Å²) in [5.41, 5.74) is 6.00. The number of pyridine rings is 1. The van der Waals surface area contributed by atoms with Crippen LogP contribution in [0.2, 0.25) is 0 Å². The lowest BCUT2D eigenvalue weighted by atomic mass is 9.97. The molecule has 0 saturated carbocycles. The first-order valence-electron chi connectivity index (χ1n) is 7.45. The number of likely N-dealkylation sites (tertiary alicyclic amines) is 1. The van der Waals surface area contributed by atoms with Gasteiger partial charge >= 0.3 is 0 Å². The molecule has 0 aromatic carbocycles. The predicted octanol–water partition coefficient (Wildman–Crippen LogP) is 1.45. The smallest absolute Gasteiger partial charge is 0.261 e. The highest BCUT2D eigenvalue weighted by Gasteiger charge is 2.24. The molecule has 0 spiro atoms. The van der Waals surface area contributed by atoms with E-state index in [1.54, 1.807) is 29.2 Å². The number of amides is 1. The average Bonchev–Trinajstić information content (AvgIpc) is 3.09. The van der Waals surface area contributed by atoms with Crippen LogP contribution in [0.3, 0.4) is 0 Å². The van der Waals surface area contributed by atoms with Gasteiger partial charge in [0.2, 0.25) is 0 Å². The number of nitrogens with two attached hydrogens (primary N) is 1. The zero-order valence-electron chi connectivity index (χ0n) is 12.2. The van der Waals surface area contributed by atoms with Crippen LogP contribution < -0.4 is 11.3 Å². The van der Waals surface area contributed by atoms with Crippen LogP contribution in [0.4, 0.5) is 0 Å². The van der Waals surface area contributed by atoms with Gasteiger partial charge in [-0.2, -0.15) is 0 Å². The first kappa shape index (κ1) is 14.6. The van der Waals surface area contributed by atoms with Crippen molar-refractivity contribution >= 4 is 5.91 Å². The zero-order chi connectivity index (χ0) is 15.5. The zero-order valence-corrected chi connectivity index (χ0v) is 12.2. The predicted molar refractivity (Wildman–Crippen MR) is 82.4 cm³/mol. The molecule has 3 rings (SSSR count). The summed E-state index contributed by atoms with van der Waals surface area (Å²) in [6.07, 6.45) is 3.32. The molecular formula is C16H19N3O3. The van der Waals surface area contributed by atoms with Crippen molar-refractivity contribution < 1.29 is 9.21 Å². The highest BCUT2D eigenvalue weighted by atomic mass is 16.3. The van der Waals surface area contributed by atoms with Crippen molar-refractivity contribution in [2.75, 3.05) is 19.6 Å². The van der Waals surface area contributed by atoms with Crippen LogP contribution in [0.5, 0.6) is 0 Å². The van der Waals surface area contributed by atoms with Crippen LogP contribution in [0.15, 0.2) is 39.7 Å². The normalized spacial score (nSPS) is 16.0. The number of carbonyl (C=O) groups is 1. The quantitative estimate of drug-likeness (QED) is 0.897. The van der Waals surface area contributed by atoms with Gasteiger partial charge in [0.25, 0.3) is 11.5 Å². The van der Waals surface area contributed by atoms with Gasteiger partial charge in [-0.05, 0) is 49.6 Å². The first-order valence-corrected chi connectivity index (χ1v) is 7.45. The van der Waals surface area contributed by atoms with E-state index in [9.17, 15) is 9.59 Å². The molecule has 0 radical (unpaired) electrons. The van der Waals surface area contributed by atoms with Crippen molar-refractivity contribution in [1.29, 1.82) is 0 Å². The number of hydrogen-bond acceptors (Lipinski definition) is 4. The van der Waals surface area contributed by atoms with Crippen LogP contribution in [-0.2, 0) is 0 Å². The number of aromatic nitrogens is 1. The summed E-state index contributed by atoms with van der Waals surface area (Å²) in [6.45, 7) is 1.96. The van der Waals surface area contributed by atoms with E-state index in [4.69, 9.17) is 10.2 Å². The molecule has 1 saturated heterocycles. The first-order chi connectivity index (χ1) is 10.7. The van der Waals surface area contributed by atoms with E-state index >= 15 is 0 Å². The van der Waals surface area contributed by atoms with E-state index in [-0.39, 0.29) is 17.0 Å². The van der Waals surface area contributed by atoms with Gasteiger partial charge in [0, 0.05) is 13.1 Å². The Morgan fingerprint density at radius 1 is 1.32 bits per heavy atom.